The molecule has 0 fully saturated rings. The van der Waals surface area contributed by atoms with E-state index in [0.29, 0.717) is 24.3 Å². The molecule has 18 heteroatoms. The highest BCUT2D eigenvalue weighted by Gasteiger charge is 2.39. The van der Waals surface area contributed by atoms with Crippen molar-refractivity contribution in [2.45, 2.75) is 63.6 Å². The molecule has 9 nitrogen and oxygen atoms in total. The van der Waals surface area contributed by atoms with Crippen LogP contribution in [0.1, 0.15) is 58.0 Å². The van der Waals surface area contributed by atoms with Crippen molar-refractivity contribution in [3.63, 3.8) is 0 Å². The standard InChI is InChI=1S/C31H31F9N6O3/c1-18-9-24-26(46(28-41-43-44(2)42-28)14-19-10-20(29(32,33)34)12-21(11-19)30(35,36)37)6-3-7-45(27(24)13-25(18)31(38,39)40)15-22(47)16-48-17-23-5-4-8-49-23/h4-5,8-13,22,26,47H,3,6-7,14-17H2,1-2H3. The van der Waals surface area contributed by atoms with Crippen molar-refractivity contribution in [2.24, 2.45) is 7.05 Å². The van der Waals surface area contributed by atoms with Crippen LogP contribution in [0.4, 0.5) is 51.1 Å². The molecule has 2 aromatic heterocycles. The van der Waals surface area contributed by atoms with Gasteiger partial charge in [0.2, 0.25) is 0 Å². The molecule has 0 bridgehead atoms. The summed E-state index contributed by atoms with van der Waals surface area (Å²) in [5.74, 6) is 0.336. The van der Waals surface area contributed by atoms with Crippen LogP contribution in [0.2, 0.25) is 0 Å². The van der Waals surface area contributed by atoms with Gasteiger partial charge in [-0.3, -0.25) is 0 Å². The van der Waals surface area contributed by atoms with Gasteiger partial charge in [-0.05, 0) is 78.1 Å². The van der Waals surface area contributed by atoms with E-state index in [-0.39, 0.29) is 67.1 Å². The topological polar surface area (TPSA) is 92.7 Å². The van der Waals surface area contributed by atoms with Crippen LogP contribution in [-0.2, 0) is 43.5 Å². The predicted octanol–water partition coefficient (Wildman–Crippen LogP) is 7.09. The molecule has 2 aromatic carbocycles. The van der Waals surface area contributed by atoms with Crippen molar-refractivity contribution >= 4 is 11.6 Å². The maximum atomic E-state index is 14.2. The third-order valence-corrected chi connectivity index (χ3v) is 7.98. The number of tetrazole rings is 1. The Kier molecular flexibility index (Phi) is 10.2. The van der Waals surface area contributed by atoms with E-state index in [9.17, 15) is 44.6 Å². The van der Waals surface area contributed by atoms with Crippen molar-refractivity contribution in [1.29, 1.82) is 0 Å². The molecule has 4 aromatic rings. The molecule has 0 aliphatic carbocycles. The van der Waals surface area contributed by atoms with Gasteiger partial charge < -0.3 is 24.1 Å². The molecule has 1 aliphatic heterocycles. The fourth-order valence-electron chi connectivity index (χ4n) is 5.84. The first-order valence-corrected chi connectivity index (χ1v) is 14.9. The number of β-amino-alcohol motifs (C(OH)–C–C–N with tert-alkyl or cyclic N) is 1. The van der Waals surface area contributed by atoms with Gasteiger partial charge >= 0.3 is 18.5 Å². The predicted molar refractivity (Wildman–Crippen MR) is 156 cm³/mol. The van der Waals surface area contributed by atoms with E-state index in [0.717, 1.165) is 10.9 Å². The molecule has 266 valence electrons. The number of rotatable bonds is 10. The van der Waals surface area contributed by atoms with Gasteiger partial charge in [0.1, 0.15) is 12.4 Å². The second-order valence-corrected chi connectivity index (χ2v) is 11.7. The van der Waals surface area contributed by atoms with Crippen LogP contribution >= 0.6 is 0 Å². The monoisotopic (exact) mass is 706 g/mol. The first-order chi connectivity index (χ1) is 22.9. The van der Waals surface area contributed by atoms with E-state index in [4.69, 9.17) is 9.15 Å². The van der Waals surface area contributed by atoms with Crippen molar-refractivity contribution < 1.29 is 53.8 Å². The largest absolute Gasteiger partial charge is 0.467 e. The van der Waals surface area contributed by atoms with E-state index in [1.165, 1.54) is 31.2 Å². The first-order valence-electron chi connectivity index (χ1n) is 14.9. The Morgan fingerprint density at radius 3 is 2.27 bits per heavy atom. The number of furan rings is 1. The minimum absolute atomic E-state index is 0.0128. The van der Waals surface area contributed by atoms with Crippen LogP contribution in [0, 0.1) is 6.92 Å². The van der Waals surface area contributed by atoms with Gasteiger partial charge in [-0.25, -0.2) is 0 Å². The second-order valence-electron chi connectivity index (χ2n) is 11.7. The van der Waals surface area contributed by atoms with Gasteiger partial charge in [-0.2, -0.15) is 44.3 Å². The van der Waals surface area contributed by atoms with Crippen LogP contribution in [0.3, 0.4) is 0 Å². The van der Waals surface area contributed by atoms with Crippen LogP contribution < -0.4 is 9.80 Å². The summed E-state index contributed by atoms with van der Waals surface area (Å²) >= 11 is 0. The van der Waals surface area contributed by atoms with Gasteiger partial charge in [0.05, 0.1) is 48.8 Å². The SMILES string of the molecule is Cc1cc2c(cc1C(F)(F)F)N(CC(O)COCc1ccco1)CCCC2N(Cc1cc(C(F)(F)F)cc(C(F)(F)F)c1)c1nnn(C)n1. The zero-order chi connectivity index (χ0) is 35.7. The fourth-order valence-corrected chi connectivity index (χ4v) is 5.84. The summed E-state index contributed by atoms with van der Waals surface area (Å²) in [5.41, 5.74) is -4.19. The van der Waals surface area contributed by atoms with Crippen LogP contribution in [0.15, 0.2) is 53.1 Å². The van der Waals surface area contributed by atoms with Crippen molar-refractivity contribution in [1.82, 2.24) is 20.2 Å². The number of aliphatic hydroxyl groups excluding tert-OH is 1. The van der Waals surface area contributed by atoms with Gasteiger partial charge in [-0.1, -0.05) is 11.2 Å². The molecule has 0 saturated heterocycles. The molecule has 0 spiro atoms. The lowest BCUT2D eigenvalue weighted by molar-refractivity contribution is -0.143. The third-order valence-electron chi connectivity index (χ3n) is 7.98. The molecule has 5 rings (SSSR count). The first kappa shape index (κ1) is 36.0. The Hall–Kier alpha value is -4.32. The second kappa shape index (κ2) is 13.9. The number of aryl methyl sites for hydroxylation is 2. The number of nitrogens with zero attached hydrogens (tertiary/aromatic N) is 6. The molecule has 0 saturated carbocycles. The van der Waals surface area contributed by atoms with E-state index in [1.807, 2.05) is 0 Å². The van der Waals surface area contributed by atoms with Gasteiger partial charge in [0, 0.05) is 25.3 Å². The van der Waals surface area contributed by atoms with E-state index in [1.54, 1.807) is 17.0 Å². The molecule has 1 aliphatic rings. The lowest BCUT2D eigenvalue weighted by Gasteiger charge is -2.33. The molecule has 1 N–H and O–H groups in total. The lowest BCUT2D eigenvalue weighted by Crippen LogP contribution is -2.36. The van der Waals surface area contributed by atoms with Crippen molar-refractivity contribution in [3.8, 4) is 0 Å². The number of ether oxygens (including phenoxy) is 1. The highest BCUT2D eigenvalue weighted by Crippen LogP contribution is 2.44. The zero-order valence-corrected chi connectivity index (χ0v) is 26.1. The van der Waals surface area contributed by atoms with Crippen LogP contribution in [0.25, 0.3) is 0 Å². The summed E-state index contributed by atoms with van der Waals surface area (Å²) in [5, 5.41) is 22.7. The molecule has 0 amide bonds. The van der Waals surface area contributed by atoms with Gasteiger partial charge in [-0.15, -0.1) is 5.10 Å². The van der Waals surface area contributed by atoms with Gasteiger partial charge in [0.25, 0.3) is 5.95 Å². The molecule has 2 unspecified atom stereocenters. The van der Waals surface area contributed by atoms with Crippen LogP contribution in [-0.4, -0.2) is 51.1 Å². The molecule has 3 heterocycles. The number of anilines is 2. The number of aliphatic hydroxyl groups is 1. The summed E-state index contributed by atoms with van der Waals surface area (Å²) in [6.45, 7) is 0.547. The number of hydrogen-bond acceptors (Lipinski definition) is 8. The number of hydrogen-bond donors (Lipinski definition) is 1. The van der Waals surface area contributed by atoms with Crippen LogP contribution in [0.5, 0.6) is 0 Å². The number of benzene rings is 2. The summed E-state index contributed by atoms with van der Waals surface area (Å²) in [6, 6.07) is 5.80. The van der Waals surface area contributed by atoms with E-state index >= 15 is 0 Å². The Morgan fingerprint density at radius 1 is 1.00 bits per heavy atom. The van der Waals surface area contributed by atoms with Gasteiger partial charge in [0.15, 0.2) is 0 Å². The van der Waals surface area contributed by atoms with E-state index in [2.05, 4.69) is 15.4 Å². The highest BCUT2D eigenvalue weighted by molar-refractivity contribution is 5.62. The Balaban J connectivity index is 1.56. The quantitative estimate of drug-likeness (QED) is 0.175. The average molecular weight is 707 g/mol. The molecule has 0 radical (unpaired) electrons. The summed E-state index contributed by atoms with van der Waals surface area (Å²) in [6.07, 6.45) is -14.2. The minimum atomic E-state index is -5.10. The van der Waals surface area contributed by atoms with Crippen molar-refractivity contribution in [3.05, 3.63) is 87.9 Å². The Labute approximate surface area is 273 Å². The highest BCUT2D eigenvalue weighted by atomic mass is 19.4. The van der Waals surface area contributed by atoms with Crippen molar-refractivity contribution in [2.75, 3.05) is 29.5 Å². The zero-order valence-electron chi connectivity index (χ0n) is 26.1. The minimum Gasteiger partial charge on any atom is -0.467 e. The number of alkyl halides is 9. The molecule has 2 atom stereocenters. The number of halogens is 9. The Morgan fingerprint density at radius 2 is 1.69 bits per heavy atom. The Bertz CT molecular complexity index is 1690. The van der Waals surface area contributed by atoms with E-state index < -0.39 is 53.9 Å². The lowest BCUT2D eigenvalue weighted by atomic mass is 9.94. The third kappa shape index (κ3) is 8.65. The summed E-state index contributed by atoms with van der Waals surface area (Å²) in [7, 11) is 1.40. The average Bonchev–Trinajstić information content (AvgIpc) is 3.64. The smallest absolute Gasteiger partial charge is 0.416 e. The normalized spacial score (nSPS) is 16.4. The maximum absolute atomic E-state index is 14.2. The molecular weight excluding hydrogens is 675 g/mol. The fraction of sp³-hybridized carbons (Fsp3) is 0.452. The molecular formula is C31H31F9N6O3. The summed E-state index contributed by atoms with van der Waals surface area (Å²) < 4.78 is 136. The summed E-state index contributed by atoms with van der Waals surface area (Å²) in [4.78, 5) is 3.93. The number of fused-ring (bicyclic) bond motifs is 1. The molecule has 49 heavy (non-hydrogen) atoms. The maximum Gasteiger partial charge on any atom is 0.416 e. The number of aromatic nitrogens is 4.